The van der Waals surface area contributed by atoms with E-state index in [9.17, 15) is 27.9 Å². The maximum absolute atomic E-state index is 12.7. The molecule has 0 spiro atoms. The number of halogens is 3. The van der Waals surface area contributed by atoms with Crippen LogP contribution < -0.4 is 5.32 Å². The number of rotatable bonds is 2. The molecule has 8 heteroatoms. The van der Waals surface area contributed by atoms with Gasteiger partial charge in [0.05, 0.1) is 0 Å². The van der Waals surface area contributed by atoms with Gasteiger partial charge in [-0.1, -0.05) is 24.3 Å². The molecule has 1 fully saturated rings. The second-order valence-electron chi connectivity index (χ2n) is 5.82. The first kappa shape index (κ1) is 17.1. The smallest absolute Gasteiger partial charge is 0.471 e. The van der Waals surface area contributed by atoms with Gasteiger partial charge in [0.2, 0.25) is 5.91 Å². The molecule has 2 amide bonds. The molecule has 25 heavy (non-hydrogen) atoms. The van der Waals surface area contributed by atoms with Crippen LogP contribution in [-0.2, 0) is 9.59 Å². The molecule has 0 aromatic heterocycles. The fourth-order valence-electron chi connectivity index (χ4n) is 3.06. The zero-order valence-electron chi connectivity index (χ0n) is 13.0. The topological polar surface area (TPSA) is 69.6 Å². The summed E-state index contributed by atoms with van der Waals surface area (Å²) in [6.07, 6.45) is -4.51. The van der Waals surface area contributed by atoms with Crippen molar-refractivity contribution in [2.75, 3.05) is 11.9 Å². The molecule has 2 aromatic carbocycles. The van der Waals surface area contributed by atoms with E-state index in [2.05, 4.69) is 5.32 Å². The molecule has 2 N–H and O–H groups in total. The number of anilines is 1. The zero-order valence-corrected chi connectivity index (χ0v) is 13.0. The lowest BCUT2D eigenvalue weighted by Crippen LogP contribution is -2.48. The van der Waals surface area contributed by atoms with Gasteiger partial charge in [0.1, 0.15) is 11.8 Å². The Bertz CT molecular complexity index is 835. The average Bonchev–Trinajstić information content (AvgIpc) is 3.03. The average molecular weight is 352 g/mol. The number of nitrogens with zero attached hydrogens (tertiary/aromatic N) is 1. The van der Waals surface area contributed by atoms with Crippen molar-refractivity contribution in [3.63, 3.8) is 0 Å². The third-order valence-electron chi connectivity index (χ3n) is 4.22. The summed E-state index contributed by atoms with van der Waals surface area (Å²) in [5.41, 5.74) is 0.365. The molecule has 3 rings (SSSR count). The van der Waals surface area contributed by atoms with Gasteiger partial charge < -0.3 is 15.3 Å². The quantitative estimate of drug-likeness (QED) is 0.873. The van der Waals surface area contributed by atoms with Crippen LogP contribution in [0, 0.1) is 0 Å². The molecule has 1 aliphatic rings. The van der Waals surface area contributed by atoms with E-state index in [1.165, 1.54) is 6.07 Å². The SMILES string of the molecule is O=C(Nc1cccc2c(O)cccc12)C1CCCN1C(=O)C(F)(F)F. The van der Waals surface area contributed by atoms with Crippen LogP contribution in [-0.4, -0.2) is 40.6 Å². The molecule has 2 aromatic rings. The number of benzene rings is 2. The Kier molecular flexibility index (Phi) is 4.28. The number of carbonyl (C=O) groups excluding carboxylic acids is 2. The van der Waals surface area contributed by atoms with E-state index in [0.29, 0.717) is 27.8 Å². The van der Waals surface area contributed by atoms with Crippen molar-refractivity contribution in [3.8, 4) is 5.75 Å². The van der Waals surface area contributed by atoms with Crippen molar-refractivity contribution in [3.05, 3.63) is 36.4 Å². The van der Waals surface area contributed by atoms with Crippen molar-refractivity contribution in [1.82, 2.24) is 4.90 Å². The van der Waals surface area contributed by atoms with Crippen molar-refractivity contribution in [2.24, 2.45) is 0 Å². The van der Waals surface area contributed by atoms with Gasteiger partial charge in [0.15, 0.2) is 0 Å². The second kappa shape index (κ2) is 6.27. The molecule has 1 unspecified atom stereocenters. The third kappa shape index (κ3) is 3.24. The first-order chi connectivity index (χ1) is 11.8. The lowest BCUT2D eigenvalue weighted by Gasteiger charge is -2.25. The van der Waals surface area contributed by atoms with Gasteiger partial charge in [0.25, 0.3) is 0 Å². The molecule has 0 bridgehead atoms. The van der Waals surface area contributed by atoms with E-state index in [1.54, 1.807) is 30.3 Å². The number of nitrogens with one attached hydrogen (secondary N) is 1. The lowest BCUT2D eigenvalue weighted by atomic mass is 10.1. The lowest BCUT2D eigenvalue weighted by molar-refractivity contribution is -0.186. The number of fused-ring (bicyclic) bond motifs is 1. The first-order valence-electron chi connectivity index (χ1n) is 7.68. The Labute approximate surface area is 141 Å². The summed E-state index contributed by atoms with van der Waals surface area (Å²) in [7, 11) is 0. The normalized spacial score (nSPS) is 17.7. The monoisotopic (exact) mass is 352 g/mol. The van der Waals surface area contributed by atoms with Gasteiger partial charge in [-0.05, 0) is 25.0 Å². The maximum Gasteiger partial charge on any atom is 0.471 e. The fourth-order valence-corrected chi connectivity index (χ4v) is 3.06. The van der Waals surface area contributed by atoms with E-state index < -0.39 is 24.0 Å². The van der Waals surface area contributed by atoms with Crippen LogP contribution in [0.5, 0.6) is 5.75 Å². The molecule has 0 aliphatic carbocycles. The highest BCUT2D eigenvalue weighted by molar-refractivity contribution is 6.06. The maximum atomic E-state index is 12.7. The van der Waals surface area contributed by atoms with Crippen molar-refractivity contribution in [1.29, 1.82) is 0 Å². The Morgan fingerprint density at radius 3 is 2.52 bits per heavy atom. The summed E-state index contributed by atoms with van der Waals surface area (Å²) in [4.78, 5) is 24.5. The number of hydrogen-bond acceptors (Lipinski definition) is 3. The minimum absolute atomic E-state index is 0.0309. The highest BCUT2D eigenvalue weighted by atomic mass is 19.4. The number of alkyl halides is 3. The summed E-state index contributed by atoms with van der Waals surface area (Å²) in [5, 5.41) is 13.5. The summed E-state index contributed by atoms with van der Waals surface area (Å²) in [6, 6.07) is 8.47. The second-order valence-corrected chi connectivity index (χ2v) is 5.82. The molecule has 1 heterocycles. The number of phenolic OH excluding ortho intramolecular Hbond substituents is 1. The van der Waals surface area contributed by atoms with E-state index >= 15 is 0 Å². The van der Waals surface area contributed by atoms with Gasteiger partial charge >= 0.3 is 12.1 Å². The van der Waals surface area contributed by atoms with E-state index in [1.807, 2.05) is 0 Å². The number of hydrogen-bond donors (Lipinski definition) is 2. The van der Waals surface area contributed by atoms with Crippen LogP contribution >= 0.6 is 0 Å². The highest BCUT2D eigenvalue weighted by Crippen LogP contribution is 2.31. The third-order valence-corrected chi connectivity index (χ3v) is 4.22. The highest BCUT2D eigenvalue weighted by Gasteiger charge is 2.47. The van der Waals surface area contributed by atoms with Crippen molar-refractivity contribution in [2.45, 2.75) is 25.1 Å². The Hall–Kier alpha value is -2.77. The zero-order chi connectivity index (χ0) is 18.2. The van der Waals surface area contributed by atoms with E-state index in [4.69, 9.17) is 0 Å². The van der Waals surface area contributed by atoms with Gasteiger partial charge in [-0.3, -0.25) is 9.59 Å². The standard InChI is InChI=1S/C17H15F3N2O3/c18-17(19,20)16(25)22-9-3-7-13(22)15(24)21-12-6-1-5-11-10(12)4-2-8-14(11)23/h1-2,4-6,8,13,23H,3,7,9H2,(H,21,24). The van der Waals surface area contributed by atoms with Crippen LogP contribution in [0.1, 0.15) is 12.8 Å². The Morgan fingerprint density at radius 2 is 1.80 bits per heavy atom. The van der Waals surface area contributed by atoms with Gasteiger partial charge in [0, 0.05) is 23.0 Å². The molecular weight excluding hydrogens is 337 g/mol. The number of likely N-dealkylation sites (tertiary alicyclic amines) is 1. The fraction of sp³-hybridized carbons (Fsp3) is 0.294. The largest absolute Gasteiger partial charge is 0.507 e. The number of carbonyl (C=O) groups is 2. The Morgan fingerprint density at radius 1 is 1.12 bits per heavy atom. The summed E-state index contributed by atoms with van der Waals surface area (Å²) in [5.74, 6) is -2.64. The number of amides is 2. The van der Waals surface area contributed by atoms with Crippen LogP contribution in [0.2, 0.25) is 0 Å². The van der Waals surface area contributed by atoms with Crippen LogP contribution in [0.3, 0.4) is 0 Å². The molecule has 1 aliphatic heterocycles. The summed E-state index contributed by atoms with van der Waals surface area (Å²) in [6.45, 7) is -0.104. The summed E-state index contributed by atoms with van der Waals surface area (Å²) < 4.78 is 38.0. The van der Waals surface area contributed by atoms with Gasteiger partial charge in [-0.2, -0.15) is 13.2 Å². The van der Waals surface area contributed by atoms with Crippen molar-refractivity contribution < 1.29 is 27.9 Å². The van der Waals surface area contributed by atoms with Crippen LogP contribution in [0.15, 0.2) is 36.4 Å². The number of aromatic hydroxyl groups is 1. The van der Waals surface area contributed by atoms with E-state index in [0.717, 1.165) is 0 Å². The molecule has 0 radical (unpaired) electrons. The van der Waals surface area contributed by atoms with Crippen LogP contribution in [0.25, 0.3) is 10.8 Å². The van der Waals surface area contributed by atoms with Crippen molar-refractivity contribution >= 4 is 28.3 Å². The molecule has 0 saturated carbocycles. The Balaban J connectivity index is 1.85. The first-order valence-corrected chi connectivity index (χ1v) is 7.68. The minimum atomic E-state index is -5.01. The molecule has 132 valence electrons. The predicted octanol–water partition coefficient (Wildman–Crippen LogP) is 3.04. The summed E-state index contributed by atoms with van der Waals surface area (Å²) >= 11 is 0. The molecule has 1 atom stereocenters. The number of phenols is 1. The molecule has 1 saturated heterocycles. The molecule has 5 nitrogen and oxygen atoms in total. The van der Waals surface area contributed by atoms with E-state index in [-0.39, 0.29) is 18.7 Å². The van der Waals surface area contributed by atoms with Gasteiger partial charge in [-0.15, -0.1) is 0 Å². The molecular formula is C17H15F3N2O3. The predicted molar refractivity (Wildman–Crippen MR) is 85.0 cm³/mol. The van der Waals surface area contributed by atoms with Gasteiger partial charge in [-0.25, -0.2) is 0 Å². The minimum Gasteiger partial charge on any atom is -0.507 e. The van der Waals surface area contributed by atoms with Crippen LogP contribution in [0.4, 0.5) is 18.9 Å².